The zero-order chi connectivity index (χ0) is 13.6. The Morgan fingerprint density at radius 3 is 2.56 bits per heavy atom. The standard InChI is InChI=1S/C16H28O2/c1-11-7-6-10-15(3,4)16(17)13(11)9-8-12(2)14(16)18-5/h12,14,17H,6-10H2,1-5H3. The molecule has 3 unspecified atom stereocenters. The summed E-state index contributed by atoms with van der Waals surface area (Å²) in [5.74, 6) is 0.425. The lowest BCUT2D eigenvalue weighted by atomic mass is 9.59. The minimum atomic E-state index is -0.778. The molecule has 0 heterocycles. The van der Waals surface area contributed by atoms with Crippen LogP contribution in [0.5, 0.6) is 0 Å². The molecule has 0 saturated heterocycles. The molecule has 0 aromatic heterocycles. The normalized spacial score (nSPS) is 40.3. The molecule has 3 atom stereocenters. The highest BCUT2D eigenvalue weighted by molar-refractivity contribution is 5.32. The average Bonchev–Trinajstić information content (AvgIpc) is 2.36. The highest BCUT2D eigenvalue weighted by Gasteiger charge is 2.56. The lowest BCUT2D eigenvalue weighted by molar-refractivity contribution is -0.166. The average molecular weight is 252 g/mol. The number of fused-ring (bicyclic) bond motifs is 1. The molecule has 2 heteroatoms. The summed E-state index contributed by atoms with van der Waals surface area (Å²) in [6.45, 7) is 8.81. The molecule has 2 aliphatic carbocycles. The number of hydrogen-bond donors (Lipinski definition) is 1. The molecule has 0 spiro atoms. The lowest BCUT2D eigenvalue weighted by Crippen LogP contribution is -2.60. The third kappa shape index (κ3) is 1.85. The molecule has 0 bridgehead atoms. The van der Waals surface area contributed by atoms with Gasteiger partial charge in [-0.1, -0.05) is 26.3 Å². The molecule has 1 N–H and O–H groups in total. The van der Waals surface area contributed by atoms with Gasteiger partial charge in [0.1, 0.15) is 5.60 Å². The van der Waals surface area contributed by atoms with E-state index in [0.717, 1.165) is 25.7 Å². The molecule has 0 aromatic rings. The number of aliphatic hydroxyl groups is 1. The van der Waals surface area contributed by atoms with Gasteiger partial charge in [0.05, 0.1) is 6.10 Å². The van der Waals surface area contributed by atoms with Gasteiger partial charge in [-0.05, 0) is 55.9 Å². The molecule has 18 heavy (non-hydrogen) atoms. The number of rotatable bonds is 1. The van der Waals surface area contributed by atoms with E-state index in [-0.39, 0.29) is 11.5 Å². The molecule has 0 aromatic carbocycles. The summed E-state index contributed by atoms with van der Waals surface area (Å²) in [5, 5.41) is 11.5. The Labute approximate surface area is 111 Å². The van der Waals surface area contributed by atoms with E-state index in [4.69, 9.17) is 4.74 Å². The van der Waals surface area contributed by atoms with E-state index in [1.54, 1.807) is 7.11 Å². The molecule has 0 aliphatic heterocycles. The second-order valence-electron chi connectivity index (χ2n) is 6.93. The van der Waals surface area contributed by atoms with E-state index in [0.29, 0.717) is 5.92 Å². The largest absolute Gasteiger partial charge is 0.382 e. The minimum absolute atomic E-state index is 0.0655. The summed E-state index contributed by atoms with van der Waals surface area (Å²) in [4.78, 5) is 0. The SMILES string of the molecule is COC1C(C)CCC2=C(C)CCCC(C)(C)C21O. The van der Waals surface area contributed by atoms with Gasteiger partial charge in [0.2, 0.25) is 0 Å². The quantitative estimate of drug-likeness (QED) is 0.721. The highest BCUT2D eigenvalue weighted by Crippen LogP contribution is 2.53. The first kappa shape index (κ1) is 14.1. The van der Waals surface area contributed by atoms with Crippen LogP contribution in [0.3, 0.4) is 0 Å². The zero-order valence-corrected chi connectivity index (χ0v) is 12.5. The van der Waals surface area contributed by atoms with Crippen molar-refractivity contribution in [1.82, 2.24) is 0 Å². The van der Waals surface area contributed by atoms with Crippen LogP contribution in [0, 0.1) is 11.3 Å². The van der Waals surface area contributed by atoms with Crippen molar-refractivity contribution in [2.45, 2.75) is 71.5 Å². The van der Waals surface area contributed by atoms with Crippen LogP contribution in [0.25, 0.3) is 0 Å². The molecule has 0 amide bonds. The van der Waals surface area contributed by atoms with E-state index in [2.05, 4.69) is 27.7 Å². The van der Waals surface area contributed by atoms with Gasteiger partial charge in [-0.15, -0.1) is 0 Å². The van der Waals surface area contributed by atoms with Crippen molar-refractivity contribution in [3.8, 4) is 0 Å². The fourth-order valence-corrected chi connectivity index (χ4v) is 4.17. The molecular formula is C16H28O2. The van der Waals surface area contributed by atoms with Gasteiger partial charge in [-0.3, -0.25) is 0 Å². The van der Waals surface area contributed by atoms with Gasteiger partial charge in [0.15, 0.2) is 0 Å². The van der Waals surface area contributed by atoms with Crippen LogP contribution in [0.4, 0.5) is 0 Å². The van der Waals surface area contributed by atoms with Gasteiger partial charge >= 0.3 is 0 Å². The van der Waals surface area contributed by atoms with Gasteiger partial charge in [0.25, 0.3) is 0 Å². The van der Waals surface area contributed by atoms with Crippen LogP contribution >= 0.6 is 0 Å². The maximum absolute atomic E-state index is 11.5. The van der Waals surface area contributed by atoms with Crippen LogP contribution in [0.2, 0.25) is 0 Å². The van der Waals surface area contributed by atoms with E-state index in [1.807, 2.05) is 0 Å². The molecular weight excluding hydrogens is 224 g/mol. The van der Waals surface area contributed by atoms with E-state index in [9.17, 15) is 5.11 Å². The number of hydrogen-bond acceptors (Lipinski definition) is 2. The fourth-order valence-electron chi connectivity index (χ4n) is 4.17. The highest BCUT2D eigenvalue weighted by atomic mass is 16.5. The van der Waals surface area contributed by atoms with Crippen LogP contribution in [0.1, 0.15) is 59.8 Å². The smallest absolute Gasteiger partial charge is 0.117 e. The van der Waals surface area contributed by atoms with Crippen LogP contribution in [0.15, 0.2) is 11.1 Å². The summed E-state index contributed by atoms with van der Waals surface area (Å²) in [6.07, 6.45) is 5.47. The van der Waals surface area contributed by atoms with Crippen LogP contribution in [-0.2, 0) is 4.74 Å². The maximum Gasteiger partial charge on any atom is 0.117 e. The van der Waals surface area contributed by atoms with E-state index < -0.39 is 5.60 Å². The first-order valence-electron chi connectivity index (χ1n) is 7.29. The predicted octanol–water partition coefficient (Wildman–Crippen LogP) is 3.69. The Kier molecular flexibility index (Phi) is 3.63. The third-order valence-electron chi connectivity index (χ3n) is 5.39. The lowest BCUT2D eigenvalue weighted by Gasteiger charge is -2.53. The first-order chi connectivity index (χ1) is 8.34. The topological polar surface area (TPSA) is 29.5 Å². The summed E-state index contributed by atoms with van der Waals surface area (Å²) in [6, 6.07) is 0. The summed E-state index contributed by atoms with van der Waals surface area (Å²) < 4.78 is 5.73. The van der Waals surface area contributed by atoms with Gasteiger partial charge in [-0.25, -0.2) is 0 Å². The van der Waals surface area contributed by atoms with Crippen molar-refractivity contribution in [3.05, 3.63) is 11.1 Å². The zero-order valence-electron chi connectivity index (χ0n) is 12.5. The van der Waals surface area contributed by atoms with E-state index in [1.165, 1.54) is 17.6 Å². The van der Waals surface area contributed by atoms with Crippen molar-refractivity contribution >= 4 is 0 Å². The first-order valence-corrected chi connectivity index (χ1v) is 7.29. The van der Waals surface area contributed by atoms with Crippen molar-refractivity contribution in [3.63, 3.8) is 0 Å². The van der Waals surface area contributed by atoms with Gasteiger partial charge in [-0.2, -0.15) is 0 Å². The Morgan fingerprint density at radius 2 is 1.94 bits per heavy atom. The molecule has 0 radical (unpaired) electrons. The Bertz CT molecular complexity index is 356. The molecule has 2 rings (SSSR count). The molecule has 2 nitrogen and oxygen atoms in total. The number of methoxy groups -OCH3 is 1. The monoisotopic (exact) mass is 252 g/mol. The Hall–Kier alpha value is -0.340. The van der Waals surface area contributed by atoms with Gasteiger partial charge < -0.3 is 9.84 Å². The predicted molar refractivity (Wildman–Crippen MR) is 74.5 cm³/mol. The summed E-state index contributed by atoms with van der Waals surface area (Å²) >= 11 is 0. The van der Waals surface area contributed by atoms with Crippen molar-refractivity contribution in [2.24, 2.45) is 11.3 Å². The second-order valence-corrected chi connectivity index (χ2v) is 6.93. The number of ether oxygens (including phenoxy) is 1. The van der Waals surface area contributed by atoms with Crippen molar-refractivity contribution in [1.29, 1.82) is 0 Å². The maximum atomic E-state index is 11.5. The summed E-state index contributed by atoms with van der Waals surface area (Å²) in [5.41, 5.74) is 1.79. The Balaban J connectivity index is 2.56. The van der Waals surface area contributed by atoms with Crippen molar-refractivity contribution in [2.75, 3.05) is 7.11 Å². The summed E-state index contributed by atoms with van der Waals surface area (Å²) in [7, 11) is 1.75. The molecule has 1 saturated carbocycles. The minimum Gasteiger partial charge on any atom is -0.382 e. The fraction of sp³-hybridized carbons (Fsp3) is 0.875. The van der Waals surface area contributed by atoms with E-state index >= 15 is 0 Å². The molecule has 104 valence electrons. The van der Waals surface area contributed by atoms with Crippen LogP contribution < -0.4 is 0 Å². The second kappa shape index (κ2) is 4.64. The van der Waals surface area contributed by atoms with Crippen molar-refractivity contribution < 1.29 is 9.84 Å². The third-order valence-corrected chi connectivity index (χ3v) is 5.39. The van der Waals surface area contributed by atoms with Crippen LogP contribution in [-0.4, -0.2) is 23.9 Å². The Morgan fingerprint density at radius 1 is 1.28 bits per heavy atom. The van der Waals surface area contributed by atoms with Gasteiger partial charge in [0, 0.05) is 7.11 Å². The molecule has 1 fully saturated rings. The number of allylic oxidation sites excluding steroid dienone is 1. The molecule has 2 aliphatic rings.